The van der Waals surface area contributed by atoms with Gasteiger partial charge in [0.15, 0.2) is 0 Å². The van der Waals surface area contributed by atoms with Gasteiger partial charge in [0.2, 0.25) is 0 Å². The van der Waals surface area contributed by atoms with Crippen LogP contribution in [0.1, 0.15) is 16.8 Å². The Labute approximate surface area is 104 Å². The molecule has 0 unspecified atom stereocenters. The first-order valence-electron chi connectivity index (χ1n) is 5.11. The molecule has 0 heterocycles. The Morgan fingerprint density at radius 1 is 1.39 bits per heavy atom. The van der Waals surface area contributed by atoms with Crippen LogP contribution in [-0.4, -0.2) is 36.3 Å². The average Bonchev–Trinajstić information content (AvgIpc) is 2.24. The molecule has 0 atom stereocenters. The molecule has 5 N–H and O–H groups in total. The number of carboxylic acid groups (broad SMARTS) is 1. The van der Waals surface area contributed by atoms with Crippen LogP contribution in [0.5, 0.6) is 0 Å². The lowest BCUT2D eigenvalue weighted by molar-refractivity contribution is 0.0697. The fourth-order valence-corrected chi connectivity index (χ4v) is 1.84. The standard InChI is InChI=1S/C10H14N2O5S/c11-8-6-7(10(13)14)2-3-9(8)12-4-1-5-18(15,16)17/h2-3,6,12H,1,4-5,11H2,(H,13,14)(H,15,16,17). The number of hydrogen-bond acceptors (Lipinski definition) is 5. The van der Waals surface area contributed by atoms with Crippen LogP contribution in [0.3, 0.4) is 0 Å². The van der Waals surface area contributed by atoms with Crippen molar-refractivity contribution in [2.75, 3.05) is 23.3 Å². The van der Waals surface area contributed by atoms with Crippen LogP contribution < -0.4 is 11.1 Å². The lowest BCUT2D eigenvalue weighted by Gasteiger charge is -2.09. The number of anilines is 2. The van der Waals surface area contributed by atoms with Gasteiger partial charge in [-0.15, -0.1) is 0 Å². The van der Waals surface area contributed by atoms with Gasteiger partial charge < -0.3 is 16.2 Å². The quantitative estimate of drug-likeness (QED) is 0.340. The maximum atomic E-state index is 10.7. The fourth-order valence-electron chi connectivity index (χ4n) is 1.33. The zero-order valence-corrected chi connectivity index (χ0v) is 10.3. The first kappa shape index (κ1) is 14.3. The minimum absolute atomic E-state index is 0.0796. The SMILES string of the molecule is Nc1cc(C(=O)O)ccc1NCCCS(=O)(=O)O. The van der Waals surface area contributed by atoms with Crippen molar-refractivity contribution in [2.45, 2.75) is 6.42 Å². The molecule has 1 rings (SSSR count). The monoisotopic (exact) mass is 274 g/mol. The summed E-state index contributed by atoms with van der Waals surface area (Å²) in [6.45, 7) is 0.302. The molecule has 0 aromatic heterocycles. The number of carbonyl (C=O) groups is 1. The van der Waals surface area contributed by atoms with Crippen LogP contribution in [0, 0.1) is 0 Å². The molecule has 0 spiro atoms. The van der Waals surface area contributed by atoms with Crippen molar-refractivity contribution in [1.82, 2.24) is 0 Å². The number of benzene rings is 1. The Hall–Kier alpha value is -1.80. The van der Waals surface area contributed by atoms with Gasteiger partial charge in [0, 0.05) is 6.54 Å². The van der Waals surface area contributed by atoms with Crippen molar-refractivity contribution < 1.29 is 22.9 Å². The van der Waals surface area contributed by atoms with E-state index < -0.39 is 16.1 Å². The molecule has 0 saturated carbocycles. The first-order valence-corrected chi connectivity index (χ1v) is 6.72. The van der Waals surface area contributed by atoms with E-state index in [1.807, 2.05) is 0 Å². The molecule has 0 aliphatic heterocycles. The molecule has 100 valence electrons. The first-order chi connectivity index (χ1) is 8.29. The van der Waals surface area contributed by atoms with Gasteiger partial charge >= 0.3 is 5.97 Å². The van der Waals surface area contributed by atoms with Gasteiger partial charge in [-0.3, -0.25) is 4.55 Å². The Kier molecular flexibility index (Phi) is 4.51. The average molecular weight is 274 g/mol. The summed E-state index contributed by atoms with van der Waals surface area (Å²) in [7, 11) is -3.96. The Morgan fingerprint density at radius 2 is 2.06 bits per heavy atom. The second-order valence-electron chi connectivity index (χ2n) is 3.67. The normalized spacial score (nSPS) is 11.2. The molecule has 0 bridgehead atoms. The molecule has 0 aliphatic rings. The molecule has 1 aromatic carbocycles. The van der Waals surface area contributed by atoms with Gasteiger partial charge in [-0.05, 0) is 24.6 Å². The summed E-state index contributed by atoms with van der Waals surface area (Å²) in [5.74, 6) is -1.41. The van der Waals surface area contributed by atoms with E-state index in [1.165, 1.54) is 18.2 Å². The van der Waals surface area contributed by atoms with Crippen molar-refractivity contribution in [1.29, 1.82) is 0 Å². The molecule has 7 nitrogen and oxygen atoms in total. The Bertz CT molecular complexity index is 541. The van der Waals surface area contributed by atoms with Gasteiger partial charge in [-0.25, -0.2) is 4.79 Å². The van der Waals surface area contributed by atoms with Crippen molar-refractivity contribution in [3.05, 3.63) is 23.8 Å². The maximum Gasteiger partial charge on any atom is 0.335 e. The van der Waals surface area contributed by atoms with Crippen LogP contribution in [0.4, 0.5) is 11.4 Å². The zero-order valence-electron chi connectivity index (χ0n) is 9.46. The highest BCUT2D eigenvalue weighted by molar-refractivity contribution is 7.85. The number of rotatable bonds is 6. The topological polar surface area (TPSA) is 130 Å². The van der Waals surface area contributed by atoms with Crippen molar-refractivity contribution in [3.63, 3.8) is 0 Å². The predicted octanol–water partition coefficient (Wildman–Crippen LogP) is 0.657. The number of carboxylic acids is 1. The van der Waals surface area contributed by atoms with Crippen molar-refractivity contribution in [2.24, 2.45) is 0 Å². The summed E-state index contributed by atoms with van der Waals surface area (Å²) >= 11 is 0. The molecule has 0 saturated heterocycles. The molecule has 18 heavy (non-hydrogen) atoms. The van der Waals surface area contributed by atoms with E-state index in [4.69, 9.17) is 15.4 Å². The third-order valence-electron chi connectivity index (χ3n) is 2.19. The van der Waals surface area contributed by atoms with E-state index in [2.05, 4.69) is 5.32 Å². The predicted molar refractivity (Wildman–Crippen MR) is 67.3 cm³/mol. The van der Waals surface area contributed by atoms with Crippen molar-refractivity contribution in [3.8, 4) is 0 Å². The van der Waals surface area contributed by atoms with Crippen LogP contribution in [0.15, 0.2) is 18.2 Å². The summed E-state index contributed by atoms with van der Waals surface area (Å²) in [6, 6.07) is 4.21. The van der Waals surface area contributed by atoms with Gasteiger partial charge in [0.25, 0.3) is 10.1 Å². The number of nitrogen functional groups attached to an aromatic ring is 1. The minimum Gasteiger partial charge on any atom is -0.478 e. The van der Waals surface area contributed by atoms with Crippen LogP contribution in [-0.2, 0) is 10.1 Å². The Balaban J connectivity index is 2.56. The zero-order chi connectivity index (χ0) is 13.8. The third kappa shape index (κ3) is 4.60. The maximum absolute atomic E-state index is 10.7. The second-order valence-corrected chi connectivity index (χ2v) is 5.25. The van der Waals surface area contributed by atoms with E-state index in [0.29, 0.717) is 12.2 Å². The van der Waals surface area contributed by atoms with E-state index in [-0.39, 0.29) is 23.4 Å². The van der Waals surface area contributed by atoms with Gasteiger partial charge in [-0.1, -0.05) is 0 Å². The highest BCUT2D eigenvalue weighted by Gasteiger charge is 2.07. The summed E-state index contributed by atoms with van der Waals surface area (Å²) in [4.78, 5) is 10.7. The number of aromatic carboxylic acids is 1. The number of nitrogens with one attached hydrogen (secondary N) is 1. The summed E-state index contributed by atoms with van der Waals surface area (Å²) < 4.78 is 29.5. The molecular weight excluding hydrogens is 260 g/mol. The van der Waals surface area contributed by atoms with Crippen molar-refractivity contribution >= 4 is 27.5 Å². The van der Waals surface area contributed by atoms with Crippen LogP contribution >= 0.6 is 0 Å². The molecule has 8 heteroatoms. The number of nitrogens with two attached hydrogens (primary N) is 1. The smallest absolute Gasteiger partial charge is 0.335 e. The van der Waals surface area contributed by atoms with E-state index >= 15 is 0 Å². The molecule has 1 aromatic rings. The lowest BCUT2D eigenvalue weighted by Crippen LogP contribution is -2.11. The van der Waals surface area contributed by atoms with E-state index in [9.17, 15) is 13.2 Å². The highest BCUT2D eigenvalue weighted by atomic mass is 32.2. The summed E-state index contributed by atoms with van der Waals surface area (Å²) in [5, 5.41) is 11.6. The second kappa shape index (κ2) is 5.69. The van der Waals surface area contributed by atoms with Gasteiger partial charge in [0.05, 0.1) is 22.7 Å². The minimum atomic E-state index is -3.96. The van der Waals surface area contributed by atoms with E-state index in [0.717, 1.165) is 0 Å². The Morgan fingerprint density at radius 3 is 2.56 bits per heavy atom. The third-order valence-corrected chi connectivity index (χ3v) is 3.00. The van der Waals surface area contributed by atoms with E-state index in [1.54, 1.807) is 0 Å². The summed E-state index contributed by atoms with van der Waals surface area (Å²) in [5.41, 5.74) is 6.50. The highest BCUT2D eigenvalue weighted by Crippen LogP contribution is 2.19. The summed E-state index contributed by atoms with van der Waals surface area (Å²) in [6.07, 6.45) is 0.221. The largest absolute Gasteiger partial charge is 0.478 e. The van der Waals surface area contributed by atoms with Gasteiger partial charge in [0.1, 0.15) is 0 Å². The lowest BCUT2D eigenvalue weighted by atomic mass is 10.1. The molecule has 0 radical (unpaired) electrons. The number of hydrogen-bond donors (Lipinski definition) is 4. The fraction of sp³-hybridized carbons (Fsp3) is 0.300. The molecule has 0 amide bonds. The van der Waals surface area contributed by atoms with Crippen LogP contribution in [0.25, 0.3) is 0 Å². The molecule has 0 aliphatic carbocycles. The van der Waals surface area contributed by atoms with Gasteiger partial charge in [-0.2, -0.15) is 8.42 Å². The molecular formula is C10H14N2O5S. The van der Waals surface area contributed by atoms with Crippen LogP contribution in [0.2, 0.25) is 0 Å². The molecule has 0 fully saturated rings.